The van der Waals surface area contributed by atoms with E-state index >= 15 is 0 Å². The number of hydrogen-bond donors (Lipinski definition) is 3. The summed E-state index contributed by atoms with van der Waals surface area (Å²) in [5, 5.41) is 4.54. The molecule has 1 heterocycles. The SMILES string of the molecule is O=C(Nc1cccc(C(F)(F)F)c1)Nc1ccc2[nH]c(C(F)(F)F)nc2c1. The van der Waals surface area contributed by atoms with Crippen molar-refractivity contribution in [2.75, 3.05) is 10.6 Å². The minimum Gasteiger partial charge on any atom is -0.334 e. The number of urea groups is 1. The van der Waals surface area contributed by atoms with E-state index in [1.165, 1.54) is 24.3 Å². The fourth-order valence-electron chi connectivity index (χ4n) is 2.28. The molecule has 0 unspecified atom stereocenters. The van der Waals surface area contributed by atoms with Crippen LogP contribution < -0.4 is 10.6 Å². The Balaban J connectivity index is 1.74. The second kappa shape index (κ2) is 6.49. The Kier molecular flexibility index (Phi) is 4.46. The largest absolute Gasteiger partial charge is 0.449 e. The van der Waals surface area contributed by atoms with Gasteiger partial charge in [0, 0.05) is 11.4 Å². The number of benzene rings is 2. The van der Waals surface area contributed by atoms with Crippen molar-refractivity contribution in [3.8, 4) is 0 Å². The van der Waals surface area contributed by atoms with Gasteiger partial charge in [-0.05, 0) is 36.4 Å². The lowest BCUT2D eigenvalue weighted by Gasteiger charge is -2.10. The quantitative estimate of drug-likeness (QED) is 0.525. The molecule has 0 fully saturated rings. The normalized spacial score (nSPS) is 12.2. The first-order chi connectivity index (χ1) is 12.5. The van der Waals surface area contributed by atoms with Crippen LogP contribution in [-0.4, -0.2) is 16.0 Å². The summed E-state index contributed by atoms with van der Waals surface area (Å²) < 4.78 is 75.9. The molecule has 0 aliphatic heterocycles. The fraction of sp³-hybridized carbons (Fsp3) is 0.125. The first-order valence-corrected chi connectivity index (χ1v) is 7.34. The Bertz CT molecular complexity index is 992. The molecule has 3 rings (SSSR count). The summed E-state index contributed by atoms with van der Waals surface area (Å²) in [7, 11) is 0. The van der Waals surface area contributed by atoms with Crippen molar-refractivity contribution in [3.63, 3.8) is 0 Å². The molecular formula is C16H10F6N4O. The molecule has 0 aliphatic rings. The van der Waals surface area contributed by atoms with Gasteiger partial charge in [0.2, 0.25) is 5.82 Å². The van der Waals surface area contributed by atoms with Gasteiger partial charge in [0.05, 0.1) is 16.6 Å². The number of anilines is 2. The maximum atomic E-state index is 12.7. The van der Waals surface area contributed by atoms with Gasteiger partial charge in [0.15, 0.2) is 0 Å². The van der Waals surface area contributed by atoms with Gasteiger partial charge in [-0.3, -0.25) is 0 Å². The average Bonchev–Trinajstić information content (AvgIpc) is 2.98. The number of aromatic nitrogens is 2. The molecular weight excluding hydrogens is 378 g/mol. The molecule has 0 saturated carbocycles. The Morgan fingerprint density at radius 1 is 0.889 bits per heavy atom. The Labute approximate surface area is 147 Å². The molecule has 5 nitrogen and oxygen atoms in total. The number of nitrogens with zero attached hydrogens (tertiary/aromatic N) is 1. The zero-order valence-corrected chi connectivity index (χ0v) is 13.2. The van der Waals surface area contributed by atoms with Crippen molar-refractivity contribution in [3.05, 3.63) is 53.9 Å². The third kappa shape index (κ3) is 4.30. The van der Waals surface area contributed by atoms with Gasteiger partial charge >= 0.3 is 18.4 Å². The summed E-state index contributed by atoms with van der Waals surface area (Å²) >= 11 is 0. The maximum Gasteiger partial charge on any atom is 0.449 e. The number of hydrogen-bond acceptors (Lipinski definition) is 2. The maximum absolute atomic E-state index is 12.7. The highest BCUT2D eigenvalue weighted by Crippen LogP contribution is 2.31. The van der Waals surface area contributed by atoms with Gasteiger partial charge < -0.3 is 15.6 Å². The molecule has 2 aromatic carbocycles. The van der Waals surface area contributed by atoms with Crippen molar-refractivity contribution in [1.82, 2.24) is 9.97 Å². The number of H-pyrrole nitrogens is 1. The molecule has 3 N–H and O–H groups in total. The molecule has 11 heteroatoms. The summed E-state index contributed by atoms with van der Waals surface area (Å²) in [4.78, 5) is 17.4. The lowest BCUT2D eigenvalue weighted by atomic mass is 10.2. The topological polar surface area (TPSA) is 69.8 Å². The molecule has 0 saturated heterocycles. The predicted octanol–water partition coefficient (Wildman–Crippen LogP) is 5.24. The second-order valence-electron chi connectivity index (χ2n) is 5.47. The molecule has 3 aromatic rings. The number of rotatable bonds is 2. The number of aromatic amines is 1. The molecule has 0 radical (unpaired) electrons. The minimum atomic E-state index is -4.65. The Hall–Kier alpha value is -3.24. The standard InChI is InChI=1S/C16H10F6N4O/c17-15(18,19)8-2-1-3-9(6-8)23-14(27)24-10-4-5-11-12(7-10)26-13(25-11)16(20,21)22/h1-7H,(H,25,26)(H2,23,24,27). The smallest absolute Gasteiger partial charge is 0.334 e. The van der Waals surface area contributed by atoms with E-state index in [4.69, 9.17) is 0 Å². The molecule has 0 aliphatic carbocycles. The van der Waals surface area contributed by atoms with Crippen LogP contribution in [0.4, 0.5) is 42.5 Å². The summed E-state index contributed by atoms with van der Waals surface area (Å²) in [6.45, 7) is 0. The van der Waals surface area contributed by atoms with E-state index in [2.05, 4.69) is 20.6 Å². The highest BCUT2D eigenvalue weighted by atomic mass is 19.4. The zero-order valence-electron chi connectivity index (χ0n) is 13.2. The number of alkyl halides is 6. The number of nitrogens with one attached hydrogen (secondary N) is 3. The van der Waals surface area contributed by atoms with Crippen LogP contribution in [-0.2, 0) is 12.4 Å². The van der Waals surface area contributed by atoms with E-state index in [1.807, 2.05) is 0 Å². The van der Waals surface area contributed by atoms with Crippen molar-refractivity contribution in [1.29, 1.82) is 0 Å². The van der Waals surface area contributed by atoms with Crippen molar-refractivity contribution < 1.29 is 31.1 Å². The molecule has 0 atom stereocenters. The van der Waals surface area contributed by atoms with Crippen LogP contribution in [0.25, 0.3) is 11.0 Å². The molecule has 142 valence electrons. The number of halogens is 6. The molecule has 27 heavy (non-hydrogen) atoms. The van der Waals surface area contributed by atoms with Crippen molar-refractivity contribution >= 4 is 28.4 Å². The summed E-state index contributed by atoms with van der Waals surface area (Å²) in [6, 6.07) is 6.96. The van der Waals surface area contributed by atoms with Crippen molar-refractivity contribution in [2.24, 2.45) is 0 Å². The van der Waals surface area contributed by atoms with Gasteiger partial charge in [-0.1, -0.05) is 6.07 Å². The predicted molar refractivity (Wildman–Crippen MR) is 85.2 cm³/mol. The van der Waals surface area contributed by atoms with Crippen LogP contribution in [0, 0.1) is 0 Å². The van der Waals surface area contributed by atoms with Gasteiger partial charge in [-0.25, -0.2) is 9.78 Å². The molecule has 1 aromatic heterocycles. The fourth-order valence-corrected chi connectivity index (χ4v) is 2.28. The van der Waals surface area contributed by atoms with E-state index in [9.17, 15) is 31.1 Å². The number of amides is 2. The van der Waals surface area contributed by atoms with E-state index in [1.54, 1.807) is 0 Å². The summed E-state index contributed by atoms with van der Waals surface area (Å²) in [6.07, 6.45) is -9.21. The van der Waals surface area contributed by atoms with Crippen LogP contribution in [0.3, 0.4) is 0 Å². The second-order valence-corrected chi connectivity index (χ2v) is 5.47. The van der Waals surface area contributed by atoms with Crippen molar-refractivity contribution in [2.45, 2.75) is 12.4 Å². The lowest BCUT2D eigenvalue weighted by Crippen LogP contribution is -2.19. The summed E-state index contributed by atoms with van der Waals surface area (Å²) in [5.74, 6) is -1.18. The molecule has 0 bridgehead atoms. The van der Waals surface area contributed by atoms with Crippen LogP contribution in [0.1, 0.15) is 11.4 Å². The van der Waals surface area contributed by atoms with Gasteiger partial charge in [-0.2, -0.15) is 26.3 Å². The van der Waals surface area contributed by atoms with Crippen LogP contribution in [0.5, 0.6) is 0 Å². The number of fused-ring (bicyclic) bond motifs is 1. The third-order valence-electron chi connectivity index (χ3n) is 3.46. The Morgan fingerprint density at radius 3 is 2.19 bits per heavy atom. The molecule has 0 spiro atoms. The summed E-state index contributed by atoms with van der Waals surface area (Å²) in [5.41, 5.74) is -0.821. The van der Waals surface area contributed by atoms with E-state index in [0.29, 0.717) is 0 Å². The first-order valence-electron chi connectivity index (χ1n) is 7.34. The van der Waals surface area contributed by atoms with Crippen LogP contribution in [0.15, 0.2) is 42.5 Å². The average molecular weight is 388 g/mol. The highest BCUT2D eigenvalue weighted by molar-refractivity contribution is 6.00. The number of carbonyl (C=O) groups is 1. The monoisotopic (exact) mass is 388 g/mol. The number of imidazole rings is 1. The van der Waals surface area contributed by atoms with Gasteiger partial charge in [0.25, 0.3) is 0 Å². The van der Waals surface area contributed by atoms with Gasteiger partial charge in [0.1, 0.15) is 0 Å². The first kappa shape index (κ1) is 18.5. The Morgan fingerprint density at radius 2 is 1.56 bits per heavy atom. The van der Waals surface area contributed by atoms with Crippen LogP contribution >= 0.6 is 0 Å². The van der Waals surface area contributed by atoms with E-state index in [0.717, 1.165) is 18.2 Å². The zero-order chi connectivity index (χ0) is 19.8. The van der Waals surface area contributed by atoms with E-state index < -0.39 is 29.8 Å². The molecule has 2 amide bonds. The van der Waals surface area contributed by atoms with Crippen LogP contribution in [0.2, 0.25) is 0 Å². The van der Waals surface area contributed by atoms with Gasteiger partial charge in [-0.15, -0.1) is 0 Å². The lowest BCUT2D eigenvalue weighted by molar-refractivity contribution is -0.144. The third-order valence-corrected chi connectivity index (χ3v) is 3.46. The van der Waals surface area contributed by atoms with E-state index in [-0.39, 0.29) is 22.4 Å². The highest BCUT2D eigenvalue weighted by Gasteiger charge is 2.34. The number of carbonyl (C=O) groups excluding carboxylic acids is 1. The minimum absolute atomic E-state index is 0.0285.